The molecule has 1 heterocycles. The summed E-state index contributed by atoms with van der Waals surface area (Å²) >= 11 is 6.37. The second-order valence-corrected chi connectivity index (χ2v) is 6.98. The number of nitrogens with one attached hydrogen (secondary N) is 2. The third-order valence-corrected chi connectivity index (χ3v) is 5.31. The Bertz CT molecular complexity index is 535. The van der Waals surface area contributed by atoms with Crippen molar-refractivity contribution in [1.29, 1.82) is 0 Å². The molecule has 2 fully saturated rings. The average Bonchev–Trinajstić information content (AvgIpc) is 3.07. The lowest BCUT2D eigenvalue weighted by atomic mass is 10.0. The molecule has 4 nitrogen and oxygen atoms in total. The third-order valence-electron chi connectivity index (χ3n) is 4.96. The quantitative estimate of drug-likeness (QED) is 0.835. The fourth-order valence-electron chi connectivity index (χ4n) is 3.68. The van der Waals surface area contributed by atoms with Crippen LogP contribution in [0, 0.1) is 0 Å². The predicted octanol–water partition coefficient (Wildman–Crippen LogP) is 3.16. The van der Waals surface area contributed by atoms with E-state index in [1.807, 2.05) is 18.2 Å². The normalized spacial score (nSPS) is 22.1. The molecule has 2 N–H and O–H groups in total. The van der Waals surface area contributed by atoms with E-state index in [-0.39, 0.29) is 24.4 Å². The highest BCUT2D eigenvalue weighted by molar-refractivity contribution is 6.31. The highest BCUT2D eigenvalue weighted by Gasteiger charge is 2.26. The molecule has 1 amide bonds. The summed E-state index contributed by atoms with van der Waals surface area (Å²) in [4.78, 5) is 14.6. The maximum Gasteiger partial charge on any atom is 0.221 e. The van der Waals surface area contributed by atoms with Crippen molar-refractivity contribution in [2.75, 3.05) is 26.2 Å². The Morgan fingerprint density at radius 2 is 2.04 bits per heavy atom. The minimum Gasteiger partial charge on any atom is -0.353 e. The van der Waals surface area contributed by atoms with Crippen LogP contribution in [-0.2, 0) is 4.79 Å². The fourth-order valence-corrected chi connectivity index (χ4v) is 3.94. The van der Waals surface area contributed by atoms with Crippen LogP contribution in [0.5, 0.6) is 0 Å². The number of carbonyl (C=O) groups excluding carboxylic acids is 1. The van der Waals surface area contributed by atoms with Crippen molar-refractivity contribution in [3.05, 3.63) is 34.9 Å². The van der Waals surface area contributed by atoms with Gasteiger partial charge >= 0.3 is 0 Å². The molecule has 0 bridgehead atoms. The van der Waals surface area contributed by atoms with Crippen LogP contribution in [0.4, 0.5) is 0 Å². The number of carbonyl (C=O) groups is 1. The van der Waals surface area contributed by atoms with E-state index < -0.39 is 0 Å². The molecule has 1 saturated heterocycles. The lowest BCUT2D eigenvalue weighted by Gasteiger charge is -2.36. The van der Waals surface area contributed by atoms with E-state index in [1.54, 1.807) is 0 Å². The molecule has 1 aromatic rings. The Kier molecular flexibility index (Phi) is 7.82. The second-order valence-electron chi connectivity index (χ2n) is 6.58. The zero-order valence-electron chi connectivity index (χ0n) is 14.0. The molecule has 1 aliphatic carbocycles. The van der Waals surface area contributed by atoms with Crippen LogP contribution in [0.3, 0.4) is 0 Å². The summed E-state index contributed by atoms with van der Waals surface area (Å²) in [5.74, 6) is 0.188. The molecule has 1 saturated carbocycles. The van der Waals surface area contributed by atoms with Crippen molar-refractivity contribution in [2.24, 2.45) is 0 Å². The molecule has 134 valence electrons. The van der Waals surface area contributed by atoms with Gasteiger partial charge in [0.2, 0.25) is 5.91 Å². The third kappa shape index (κ3) is 5.09. The van der Waals surface area contributed by atoms with Gasteiger partial charge in [-0.3, -0.25) is 9.69 Å². The molecule has 24 heavy (non-hydrogen) atoms. The summed E-state index contributed by atoms with van der Waals surface area (Å²) in [7, 11) is 0. The van der Waals surface area contributed by atoms with Crippen LogP contribution in [0.25, 0.3) is 0 Å². The molecule has 0 spiro atoms. The van der Waals surface area contributed by atoms with Crippen LogP contribution in [0.15, 0.2) is 24.3 Å². The molecule has 2 aliphatic rings. The van der Waals surface area contributed by atoms with Crippen molar-refractivity contribution in [3.63, 3.8) is 0 Å². The molecule has 0 radical (unpaired) electrons. The Balaban J connectivity index is 0.00000208. The van der Waals surface area contributed by atoms with E-state index in [9.17, 15) is 4.79 Å². The topological polar surface area (TPSA) is 44.4 Å². The van der Waals surface area contributed by atoms with Gasteiger partial charge in [0, 0.05) is 49.7 Å². The number of amides is 1. The largest absolute Gasteiger partial charge is 0.353 e. The number of hydrogen-bond donors (Lipinski definition) is 2. The van der Waals surface area contributed by atoms with Gasteiger partial charge in [-0.2, -0.15) is 0 Å². The number of nitrogens with zero attached hydrogens (tertiary/aromatic N) is 1. The second kappa shape index (κ2) is 9.62. The maximum absolute atomic E-state index is 12.2. The highest BCUT2D eigenvalue weighted by atomic mass is 35.5. The van der Waals surface area contributed by atoms with E-state index >= 15 is 0 Å². The van der Waals surface area contributed by atoms with Gasteiger partial charge in [-0.05, 0) is 24.5 Å². The zero-order chi connectivity index (χ0) is 16.1. The maximum atomic E-state index is 12.2. The molecule has 1 aromatic carbocycles. The number of halogens is 2. The molecule has 1 unspecified atom stereocenters. The van der Waals surface area contributed by atoms with Crippen LogP contribution < -0.4 is 10.6 Å². The first kappa shape index (κ1) is 19.5. The summed E-state index contributed by atoms with van der Waals surface area (Å²) in [5, 5.41) is 7.42. The summed E-state index contributed by atoms with van der Waals surface area (Å²) in [6, 6.07) is 8.67. The molecular weight excluding hydrogens is 345 g/mol. The SMILES string of the molecule is Cl.O=C(CCN1CCNCC1c1ccccc1Cl)NC1CCCC1. The first-order valence-corrected chi connectivity index (χ1v) is 9.10. The van der Waals surface area contributed by atoms with E-state index in [0.29, 0.717) is 12.5 Å². The Morgan fingerprint density at radius 3 is 2.79 bits per heavy atom. The number of hydrogen-bond acceptors (Lipinski definition) is 3. The van der Waals surface area contributed by atoms with Crippen LogP contribution in [-0.4, -0.2) is 43.0 Å². The molecule has 6 heteroatoms. The van der Waals surface area contributed by atoms with Crippen LogP contribution in [0.2, 0.25) is 5.02 Å². The molecule has 0 aromatic heterocycles. The average molecular weight is 372 g/mol. The molecule has 1 atom stereocenters. The molecule has 3 rings (SSSR count). The van der Waals surface area contributed by atoms with E-state index in [1.165, 1.54) is 12.8 Å². The van der Waals surface area contributed by atoms with Gasteiger partial charge in [0.15, 0.2) is 0 Å². The van der Waals surface area contributed by atoms with Crippen molar-refractivity contribution in [2.45, 2.75) is 44.2 Å². The van der Waals surface area contributed by atoms with Crippen LogP contribution in [0.1, 0.15) is 43.7 Å². The number of piperazine rings is 1. The van der Waals surface area contributed by atoms with Crippen molar-refractivity contribution in [1.82, 2.24) is 15.5 Å². The Morgan fingerprint density at radius 1 is 1.29 bits per heavy atom. The number of benzene rings is 1. The van der Waals surface area contributed by atoms with Crippen molar-refractivity contribution in [3.8, 4) is 0 Å². The van der Waals surface area contributed by atoms with Gasteiger partial charge in [0.25, 0.3) is 0 Å². The minimum atomic E-state index is 0. The summed E-state index contributed by atoms with van der Waals surface area (Å²) in [6.07, 6.45) is 5.34. The molecule has 1 aliphatic heterocycles. The van der Waals surface area contributed by atoms with Gasteiger partial charge in [-0.25, -0.2) is 0 Å². The number of rotatable bonds is 5. The van der Waals surface area contributed by atoms with Crippen molar-refractivity contribution < 1.29 is 4.79 Å². The lowest BCUT2D eigenvalue weighted by Crippen LogP contribution is -2.47. The standard InChI is InChI=1S/C18H26ClN3O.ClH/c19-16-8-4-3-7-15(16)17-13-20-10-12-22(17)11-9-18(23)21-14-5-1-2-6-14;/h3-4,7-8,14,17,20H,1-2,5-6,9-13H2,(H,21,23);1H. The van der Waals surface area contributed by atoms with Gasteiger partial charge in [-0.15, -0.1) is 12.4 Å². The van der Waals surface area contributed by atoms with Crippen molar-refractivity contribution >= 4 is 29.9 Å². The first-order chi connectivity index (χ1) is 11.2. The zero-order valence-corrected chi connectivity index (χ0v) is 15.5. The van der Waals surface area contributed by atoms with Crippen LogP contribution >= 0.6 is 24.0 Å². The Hall–Kier alpha value is -0.810. The fraction of sp³-hybridized carbons (Fsp3) is 0.611. The van der Waals surface area contributed by atoms with E-state index in [4.69, 9.17) is 11.6 Å². The van der Waals surface area contributed by atoms with Gasteiger partial charge in [-0.1, -0.05) is 42.6 Å². The first-order valence-electron chi connectivity index (χ1n) is 8.72. The Labute approximate surface area is 155 Å². The van der Waals surface area contributed by atoms with E-state index in [0.717, 1.165) is 49.6 Å². The smallest absolute Gasteiger partial charge is 0.221 e. The van der Waals surface area contributed by atoms with E-state index in [2.05, 4.69) is 21.6 Å². The van der Waals surface area contributed by atoms with Gasteiger partial charge in [0.05, 0.1) is 0 Å². The lowest BCUT2D eigenvalue weighted by molar-refractivity contribution is -0.122. The van der Waals surface area contributed by atoms with Gasteiger partial charge < -0.3 is 10.6 Å². The summed E-state index contributed by atoms with van der Waals surface area (Å²) in [6.45, 7) is 3.59. The molecular formula is C18H27Cl2N3O. The highest BCUT2D eigenvalue weighted by Crippen LogP contribution is 2.28. The monoisotopic (exact) mass is 371 g/mol. The summed E-state index contributed by atoms with van der Waals surface area (Å²) < 4.78 is 0. The predicted molar refractivity (Wildman–Crippen MR) is 101 cm³/mol. The van der Waals surface area contributed by atoms with Gasteiger partial charge in [0.1, 0.15) is 0 Å². The summed E-state index contributed by atoms with van der Waals surface area (Å²) in [5.41, 5.74) is 1.15. The minimum absolute atomic E-state index is 0.